The van der Waals surface area contributed by atoms with E-state index in [9.17, 15) is 0 Å². The molecule has 1 rings (SSSR count). The van der Waals surface area contributed by atoms with E-state index in [0.717, 1.165) is 24.9 Å². The van der Waals surface area contributed by atoms with Gasteiger partial charge in [-0.2, -0.15) is 0 Å². The summed E-state index contributed by atoms with van der Waals surface area (Å²) in [6.45, 7) is 12.9. The van der Waals surface area contributed by atoms with Crippen LogP contribution in [0.1, 0.15) is 27.2 Å². The third-order valence-corrected chi connectivity index (χ3v) is 3.31. The van der Waals surface area contributed by atoms with E-state index in [1.165, 1.54) is 6.42 Å². The highest BCUT2D eigenvalue weighted by Gasteiger charge is 2.28. The fourth-order valence-corrected chi connectivity index (χ4v) is 1.38. The van der Waals surface area contributed by atoms with Crippen molar-refractivity contribution in [1.29, 1.82) is 0 Å². The summed E-state index contributed by atoms with van der Waals surface area (Å²) in [5, 5.41) is 3.51. The molecule has 1 N–H and O–H groups in total. The quantitative estimate of drug-likeness (QED) is 0.484. The maximum Gasteiger partial charge on any atom is 0.0252 e. The molecule has 14 heavy (non-hydrogen) atoms. The molecule has 0 aromatic rings. The van der Waals surface area contributed by atoms with Crippen LogP contribution in [0.25, 0.3) is 0 Å². The Kier molecular flexibility index (Phi) is 3.94. The van der Waals surface area contributed by atoms with Gasteiger partial charge in [-0.25, -0.2) is 0 Å². The molecule has 0 aromatic heterocycles. The van der Waals surface area contributed by atoms with Crippen LogP contribution in [0.4, 0.5) is 0 Å². The maximum atomic E-state index is 3.85. The zero-order valence-corrected chi connectivity index (χ0v) is 9.72. The van der Waals surface area contributed by atoms with Crippen LogP contribution < -0.4 is 5.32 Å². The Balaban J connectivity index is 2.02. The monoisotopic (exact) mass is 193 g/mol. The lowest BCUT2D eigenvalue weighted by Crippen LogP contribution is -2.26. The van der Waals surface area contributed by atoms with Gasteiger partial charge in [-0.15, -0.1) is 6.58 Å². The van der Waals surface area contributed by atoms with E-state index < -0.39 is 0 Å². The Morgan fingerprint density at radius 2 is 2.00 bits per heavy atom. The van der Waals surface area contributed by atoms with Crippen LogP contribution in [-0.4, -0.2) is 13.1 Å². The van der Waals surface area contributed by atoms with Gasteiger partial charge in [-0.3, -0.25) is 0 Å². The third kappa shape index (κ3) is 3.30. The third-order valence-electron chi connectivity index (χ3n) is 3.31. The van der Waals surface area contributed by atoms with Crippen molar-refractivity contribution in [3.05, 3.63) is 24.8 Å². The van der Waals surface area contributed by atoms with Crippen LogP contribution in [0.15, 0.2) is 24.8 Å². The van der Waals surface area contributed by atoms with Gasteiger partial charge in [0.05, 0.1) is 0 Å². The molecule has 0 bridgehead atoms. The van der Waals surface area contributed by atoms with Gasteiger partial charge in [0.1, 0.15) is 0 Å². The molecule has 0 saturated carbocycles. The molecule has 0 aliphatic heterocycles. The molecule has 80 valence electrons. The highest BCUT2D eigenvalue weighted by atomic mass is 14.9. The van der Waals surface area contributed by atoms with E-state index >= 15 is 0 Å². The molecule has 0 amide bonds. The summed E-state index contributed by atoms with van der Waals surface area (Å²) in [5.41, 5.74) is 0.272. The maximum absolute atomic E-state index is 3.85. The van der Waals surface area contributed by atoms with E-state index in [4.69, 9.17) is 0 Å². The summed E-state index contributed by atoms with van der Waals surface area (Å²) < 4.78 is 0. The number of nitrogens with one attached hydrogen (secondary N) is 1. The Morgan fingerprint density at radius 1 is 1.36 bits per heavy atom. The first-order chi connectivity index (χ1) is 6.59. The topological polar surface area (TPSA) is 12.0 Å². The van der Waals surface area contributed by atoms with Crippen molar-refractivity contribution in [2.75, 3.05) is 13.1 Å². The Labute approximate surface area is 88.3 Å². The van der Waals surface area contributed by atoms with Crippen LogP contribution in [0, 0.1) is 17.3 Å². The smallest absolute Gasteiger partial charge is 0.0252 e. The predicted molar refractivity (Wildman–Crippen MR) is 63.3 cm³/mol. The first-order valence-corrected chi connectivity index (χ1v) is 5.64. The van der Waals surface area contributed by atoms with Crippen molar-refractivity contribution in [2.45, 2.75) is 27.2 Å². The zero-order valence-electron chi connectivity index (χ0n) is 9.72. The highest BCUT2D eigenvalue weighted by molar-refractivity contribution is 5.33. The Morgan fingerprint density at radius 3 is 2.43 bits per heavy atom. The van der Waals surface area contributed by atoms with Gasteiger partial charge in [0.15, 0.2) is 0 Å². The number of allylic oxidation sites excluding steroid dienone is 3. The average molecular weight is 193 g/mol. The van der Waals surface area contributed by atoms with E-state index in [0.29, 0.717) is 0 Å². The molecule has 1 heteroatoms. The lowest BCUT2D eigenvalue weighted by atomic mass is 9.97. The molecule has 1 aliphatic rings. The molecule has 1 unspecified atom stereocenters. The minimum absolute atomic E-state index is 0.272. The second kappa shape index (κ2) is 4.79. The zero-order chi connectivity index (χ0) is 10.6. The molecule has 1 atom stereocenters. The first-order valence-electron chi connectivity index (χ1n) is 5.64. The van der Waals surface area contributed by atoms with Crippen LogP contribution in [0.5, 0.6) is 0 Å². The van der Waals surface area contributed by atoms with Gasteiger partial charge in [0, 0.05) is 5.41 Å². The fraction of sp³-hybridized carbons (Fsp3) is 0.692. The fourth-order valence-electron chi connectivity index (χ4n) is 1.38. The second-order valence-electron chi connectivity index (χ2n) is 4.83. The lowest BCUT2D eigenvalue weighted by molar-refractivity contribution is 0.388. The molecular formula is C13H23N. The van der Waals surface area contributed by atoms with E-state index in [-0.39, 0.29) is 5.41 Å². The van der Waals surface area contributed by atoms with Gasteiger partial charge >= 0.3 is 0 Å². The molecule has 0 aromatic carbocycles. The summed E-state index contributed by atoms with van der Waals surface area (Å²) in [6, 6.07) is 0. The molecule has 1 aliphatic carbocycles. The van der Waals surface area contributed by atoms with Crippen molar-refractivity contribution in [3.8, 4) is 0 Å². The van der Waals surface area contributed by atoms with Crippen LogP contribution in [0.3, 0.4) is 0 Å². The van der Waals surface area contributed by atoms with Gasteiger partial charge in [-0.05, 0) is 31.3 Å². The van der Waals surface area contributed by atoms with E-state index in [1.807, 2.05) is 6.08 Å². The average Bonchev–Trinajstić information content (AvgIpc) is 2.93. The second-order valence-corrected chi connectivity index (χ2v) is 4.83. The summed E-state index contributed by atoms with van der Waals surface area (Å²) in [6.07, 6.45) is 7.67. The minimum Gasteiger partial charge on any atom is -0.316 e. The number of hydrogen-bond acceptors (Lipinski definition) is 1. The highest BCUT2D eigenvalue weighted by Crippen LogP contribution is 2.38. The van der Waals surface area contributed by atoms with E-state index in [2.05, 4.69) is 44.8 Å². The molecule has 0 saturated heterocycles. The van der Waals surface area contributed by atoms with Crippen molar-refractivity contribution < 1.29 is 0 Å². The summed E-state index contributed by atoms with van der Waals surface area (Å²) in [4.78, 5) is 0. The molecule has 0 radical (unpaired) electrons. The number of hydrogen-bond donors (Lipinski definition) is 1. The molecule has 0 heterocycles. The standard InChI is InChI=1S/C13H23N/c1-5-13(6-7-13)8-9-14-10-12(4)11(2)3/h5-7,11-12,14H,1,8-10H2,2-4H3. The van der Waals surface area contributed by atoms with Crippen LogP contribution in [0.2, 0.25) is 0 Å². The van der Waals surface area contributed by atoms with Gasteiger partial charge in [0.25, 0.3) is 0 Å². The van der Waals surface area contributed by atoms with E-state index in [1.54, 1.807) is 0 Å². The summed E-state index contributed by atoms with van der Waals surface area (Å²) in [5.74, 6) is 1.54. The molecule has 1 nitrogen and oxygen atoms in total. The minimum atomic E-state index is 0.272. The Bertz CT molecular complexity index is 209. The largest absolute Gasteiger partial charge is 0.316 e. The molecule has 0 spiro atoms. The lowest BCUT2D eigenvalue weighted by Gasteiger charge is -2.17. The molecule has 0 fully saturated rings. The van der Waals surface area contributed by atoms with Crippen molar-refractivity contribution in [3.63, 3.8) is 0 Å². The predicted octanol–water partition coefficient (Wildman–Crippen LogP) is 3.00. The van der Waals surface area contributed by atoms with Crippen molar-refractivity contribution in [1.82, 2.24) is 5.32 Å². The van der Waals surface area contributed by atoms with Crippen molar-refractivity contribution in [2.24, 2.45) is 17.3 Å². The van der Waals surface area contributed by atoms with Crippen LogP contribution >= 0.6 is 0 Å². The van der Waals surface area contributed by atoms with Gasteiger partial charge in [-0.1, -0.05) is 39.0 Å². The van der Waals surface area contributed by atoms with Crippen molar-refractivity contribution >= 4 is 0 Å². The number of rotatable bonds is 7. The van der Waals surface area contributed by atoms with Gasteiger partial charge < -0.3 is 5.32 Å². The normalized spacial score (nSPS) is 19.7. The first kappa shape index (κ1) is 11.5. The summed E-state index contributed by atoms with van der Waals surface area (Å²) in [7, 11) is 0. The SMILES string of the molecule is C=CC1(CCNCC(C)C(C)C)C=C1. The summed E-state index contributed by atoms with van der Waals surface area (Å²) >= 11 is 0. The van der Waals surface area contributed by atoms with Crippen LogP contribution in [-0.2, 0) is 0 Å². The Hall–Kier alpha value is -0.560. The van der Waals surface area contributed by atoms with Gasteiger partial charge in [0.2, 0.25) is 0 Å². The molecular weight excluding hydrogens is 170 g/mol.